The Morgan fingerprint density at radius 2 is 1.64 bits per heavy atom. The van der Waals surface area contributed by atoms with Crippen LogP contribution in [0.3, 0.4) is 0 Å². The normalized spacial score (nSPS) is 11.4. The van der Waals surface area contributed by atoms with Crippen molar-refractivity contribution >= 4 is 11.5 Å². The highest BCUT2D eigenvalue weighted by Crippen LogP contribution is 2.18. The molecule has 28 heavy (non-hydrogen) atoms. The number of carbonyl (C=O) groups is 1. The predicted molar refractivity (Wildman–Crippen MR) is 114 cm³/mol. The Morgan fingerprint density at radius 3 is 2.29 bits per heavy atom. The number of ether oxygens (including phenoxy) is 1. The minimum Gasteiger partial charge on any atom is -0.507 e. The first-order valence-electron chi connectivity index (χ1n) is 10.3. The summed E-state index contributed by atoms with van der Waals surface area (Å²) in [5, 5.41) is 10.2. The molecule has 0 amide bonds. The van der Waals surface area contributed by atoms with Gasteiger partial charge < -0.3 is 9.84 Å². The Balaban J connectivity index is 1.71. The lowest BCUT2D eigenvalue weighted by molar-refractivity contribution is 0.104. The van der Waals surface area contributed by atoms with Gasteiger partial charge in [-0.1, -0.05) is 57.9 Å². The number of ketones is 1. The van der Waals surface area contributed by atoms with E-state index in [0.717, 1.165) is 12.2 Å². The van der Waals surface area contributed by atoms with Crippen LogP contribution < -0.4 is 4.74 Å². The van der Waals surface area contributed by atoms with Crippen LogP contribution in [0, 0.1) is 0 Å². The van der Waals surface area contributed by atoms with Crippen molar-refractivity contribution in [3.63, 3.8) is 0 Å². The SMILES string of the molecule is CCCCCCCCCCOc1ccc(/C(O)=C/C(=O)c2ccccn2)cc1. The van der Waals surface area contributed by atoms with Crippen LogP contribution in [0.15, 0.2) is 54.7 Å². The smallest absolute Gasteiger partial charge is 0.207 e. The van der Waals surface area contributed by atoms with Gasteiger partial charge in [0.05, 0.1) is 6.61 Å². The minimum absolute atomic E-state index is 0.0784. The fourth-order valence-corrected chi connectivity index (χ4v) is 2.94. The molecule has 4 heteroatoms. The Bertz CT molecular complexity index is 723. The van der Waals surface area contributed by atoms with E-state index in [2.05, 4.69) is 11.9 Å². The van der Waals surface area contributed by atoms with Crippen molar-refractivity contribution in [2.75, 3.05) is 6.61 Å². The summed E-state index contributed by atoms with van der Waals surface area (Å²) in [4.78, 5) is 16.1. The molecule has 0 aliphatic heterocycles. The summed E-state index contributed by atoms with van der Waals surface area (Å²) in [6, 6.07) is 12.2. The van der Waals surface area contributed by atoms with Crippen molar-refractivity contribution in [2.24, 2.45) is 0 Å². The predicted octanol–water partition coefficient (Wildman–Crippen LogP) is 6.38. The van der Waals surface area contributed by atoms with Crippen LogP contribution in [-0.4, -0.2) is 22.5 Å². The summed E-state index contributed by atoms with van der Waals surface area (Å²) in [6.45, 7) is 2.94. The molecule has 1 aromatic heterocycles. The molecule has 0 bridgehead atoms. The van der Waals surface area contributed by atoms with E-state index < -0.39 is 0 Å². The van der Waals surface area contributed by atoms with E-state index in [1.807, 2.05) is 12.1 Å². The summed E-state index contributed by atoms with van der Waals surface area (Å²) >= 11 is 0. The highest BCUT2D eigenvalue weighted by atomic mass is 16.5. The molecule has 1 aromatic carbocycles. The highest BCUT2D eigenvalue weighted by Gasteiger charge is 2.07. The largest absolute Gasteiger partial charge is 0.507 e. The number of hydrogen-bond donors (Lipinski definition) is 1. The molecule has 2 aromatic rings. The first kappa shape index (κ1) is 21.7. The molecule has 0 unspecified atom stereocenters. The van der Waals surface area contributed by atoms with Crippen molar-refractivity contribution in [3.8, 4) is 5.75 Å². The van der Waals surface area contributed by atoms with Crippen molar-refractivity contribution in [2.45, 2.75) is 58.3 Å². The summed E-state index contributed by atoms with van der Waals surface area (Å²) in [7, 11) is 0. The maximum Gasteiger partial charge on any atom is 0.207 e. The van der Waals surface area contributed by atoms with Gasteiger partial charge in [-0.25, -0.2) is 0 Å². The van der Waals surface area contributed by atoms with Gasteiger partial charge in [-0.15, -0.1) is 0 Å². The second-order valence-corrected chi connectivity index (χ2v) is 6.96. The third kappa shape index (κ3) is 7.95. The molecule has 0 atom stereocenters. The zero-order valence-corrected chi connectivity index (χ0v) is 16.8. The monoisotopic (exact) mass is 381 g/mol. The first-order chi connectivity index (χ1) is 13.7. The second-order valence-electron chi connectivity index (χ2n) is 6.96. The number of unbranched alkanes of at least 4 members (excludes halogenated alkanes) is 7. The van der Waals surface area contributed by atoms with E-state index >= 15 is 0 Å². The van der Waals surface area contributed by atoms with Gasteiger partial charge >= 0.3 is 0 Å². The number of aliphatic hydroxyl groups excluding tert-OH is 1. The van der Waals surface area contributed by atoms with Crippen LogP contribution in [0.5, 0.6) is 5.75 Å². The van der Waals surface area contributed by atoms with Crippen molar-refractivity contribution in [1.82, 2.24) is 4.98 Å². The molecule has 0 aliphatic rings. The van der Waals surface area contributed by atoms with Crippen LogP contribution in [0.25, 0.3) is 5.76 Å². The topological polar surface area (TPSA) is 59.4 Å². The van der Waals surface area contributed by atoms with E-state index in [4.69, 9.17) is 4.74 Å². The molecule has 1 N–H and O–H groups in total. The van der Waals surface area contributed by atoms with Crippen LogP contribution in [0.1, 0.15) is 74.3 Å². The number of hydrogen-bond acceptors (Lipinski definition) is 4. The van der Waals surface area contributed by atoms with Crippen molar-refractivity contribution < 1.29 is 14.6 Å². The molecule has 0 saturated carbocycles. The summed E-state index contributed by atoms with van der Waals surface area (Å²) in [5.74, 6) is 0.369. The molecule has 0 aliphatic carbocycles. The van der Waals surface area contributed by atoms with Crippen molar-refractivity contribution in [3.05, 3.63) is 66.0 Å². The van der Waals surface area contributed by atoms with Gasteiger partial charge in [0, 0.05) is 17.8 Å². The molecule has 2 rings (SSSR count). The summed E-state index contributed by atoms with van der Waals surface area (Å²) in [5.41, 5.74) is 0.878. The molecule has 150 valence electrons. The maximum absolute atomic E-state index is 12.1. The molecule has 0 saturated heterocycles. The zero-order valence-electron chi connectivity index (χ0n) is 16.8. The Kier molecular flexibility index (Phi) is 9.84. The quantitative estimate of drug-likeness (QED) is 0.189. The fraction of sp³-hybridized carbons (Fsp3) is 0.417. The fourth-order valence-electron chi connectivity index (χ4n) is 2.94. The number of aromatic nitrogens is 1. The van der Waals surface area contributed by atoms with Crippen LogP contribution in [0.4, 0.5) is 0 Å². The molecule has 0 radical (unpaired) electrons. The van der Waals surface area contributed by atoms with Crippen LogP contribution in [-0.2, 0) is 0 Å². The van der Waals surface area contributed by atoms with Crippen molar-refractivity contribution in [1.29, 1.82) is 0 Å². The van der Waals surface area contributed by atoms with E-state index in [9.17, 15) is 9.90 Å². The van der Waals surface area contributed by atoms with E-state index in [1.165, 1.54) is 51.0 Å². The lowest BCUT2D eigenvalue weighted by atomic mass is 10.1. The Morgan fingerprint density at radius 1 is 0.964 bits per heavy atom. The van der Waals surface area contributed by atoms with E-state index in [0.29, 0.717) is 17.9 Å². The molecule has 1 heterocycles. The third-order valence-electron chi connectivity index (χ3n) is 4.60. The number of rotatable bonds is 13. The van der Waals surface area contributed by atoms with Gasteiger partial charge in [0.15, 0.2) is 0 Å². The van der Waals surface area contributed by atoms with Crippen LogP contribution in [0.2, 0.25) is 0 Å². The average Bonchev–Trinajstić information content (AvgIpc) is 2.73. The minimum atomic E-state index is -0.326. The first-order valence-corrected chi connectivity index (χ1v) is 10.3. The average molecular weight is 382 g/mol. The van der Waals surface area contributed by atoms with E-state index in [-0.39, 0.29) is 11.5 Å². The maximum atomic E-state index is 12.1. The molecule has 0 fully saturated rings. The number of pyridine rings is 1. The number of nitrogens with zero attached hydrogens (tertiary/aromatic N) is 1. The molecular weight excluding hydrogens is 350 g/mol. The van der Waals surface area contributed by atoms with Gasteiger partial charge in [0.2, 0.25) is 5.78 Å². The standard InChI is InChI=1S/C24H31NO3/c1-2-3-4-5-6-7-8-11-18-28-21-15-13-20(14-16-21)23(26)19-24(27)22-12-9-10-17-25-22/h9-10,12-17,19,26H,2-8,11,18H2,1H3/b23-19-. The van der Waals surface area contributed by atoms with E-state index in [1.54, 1.807) is 36.5 Å². The van der Waals surface area contributed by atoms with Gasteiger partial charge in [-0.05, 0) is 42.8 Å². The van der Waals surface area contributed by atoms with Gasteiger partial charge in [0.25, 0.3) is 0 Å². The Hall–Kier alpha value is -2.62. The molecular formula is C24H31NO3. The van der Waals surface area contributed by atoms with Gasteiger partial charge in [0.1, 0.15) is 17.2 Å². The molecule has 0 spiro atoms. The second kappa shape index (κ2) is 12.7. The number of aliphatic hydroxyl groups is 1. The summed E-state index contributed by atoms with van der Waals surface area (Å²) < 4.78 is 5.76. The number of carbonyl (C=O) groups excluding carboxylic acids is 1. The highest BCUT2D eigenvalue weighted by molar-refractivity contribution is 6.06. The van der Waals surface area contributed by atoms with Gasteiger partial charge in [-0.3, -0.25) is 9.78 Å². The number of allylic oxidation sites excluding steroid dienone is 1. The lowest BCUT2D eigenvalue weighted by Gasteiger charge is -2.07. The van der Waals surface area contributed by atoms with Crippen LogP contribution >= 0.6 is 0 Å². The van der Waals surface area contributed by atoms with Gasteiger partial charge in [-0.2, -0.15) is 0 Å². The third-order valence-corrected chi connectivity index (χ3v) is 4.60. The lowest BCUT2D eigenvalue weighted by Crippen LogP contribution is -1.99. The summed E-state index contributed by atoms with van der Waals surface area (Å²) in [6.07, 6.45) is 12.9. The Labute approximate surface area is 168 Å². The zero-order chi connectivity index (χ0) is 20.0. The number of benzene rings is 1. The molecule has 4 nitrogen and oxygen atoms in total.